The lowest BCUT2D eigenvalue weighted by Gasteiger charge is -2.36. The predicted molar refractivity (Wildman–Crippen MR) is 77.2 cm³/mol. The fourth-order valence-electron chi connectivity index (χ4n) is 2.96. The van der Waals surface area contributed by atoms with E-state index in [2.05, 4.69) is 18.3 Å². The van der Waals surface area contributed by atoms with E-state index in [1.807, 2.05) is 24.3 Å². The lowest BCUT2D eigenvalue weighted by molar-refractivity contribution is 0.283. The Bertz CT molecular complexity index is 466. The summed E-state index contributed by atoms with van der Waals surface area (Å²) in [5, 5.41) is 13.0. The fourth-order valence-corrected chi connectivity index (χ4v) is 2.96. The summed E-state index contributed by atoms with van der Waals surface area (Å²) in [7, 11) is 1.66. The van der Waals surface area contributed by atoms with Crippen molar-refractivity contribution < 1.29 is 4.74 Å². The third kappa shape index (κ3) is 3.20. The molecule has 1 aliphatic rings. The summed E-state index contributed by atoms with van der Waals surface area (Å²) in [6.07, 6.45) is 5.40. The highest BCUT2D eigenvalue weighted by molar-refractivity contribution is 5.51. The summed E-state index contributed by atoms with van der Waals surface area (Å²) in [5.41, 5.74) is 0.559. The largest absolute Gasteiger partial charge is 0.497 e. The second-order valence-electron chi connectivity index (χ2n) is 5.42. The Hall–Kier alpha value is -1.69. The van der Waals surface area contributed by atoms with E-state index in [9.17, 15) is 5.26 Å². The molecule has 0 saturated heterocycles. The minimum Gasteiger partial charge on any atom is -0.497 e. The zero-order valence-corrected chi connectivity index (χ0v) is 11.8. The lowest BCUT2D eigenvalue weighted by atomic mass is 9.75. The van der Waals surface area contributed by atoms with Gasteiger partial charge < -0.3 is 10.1 Å². The molecule has 0 spiro atoms. The van der Waals surface area contributed by atoms with Crippen molar-refractivity contribution in [1.29, 1.82) is 5.26 Å². The number of ether oxygens (including phenoxy) is 1. The number of nitrogens with zero attached hydrogens (tertiary/aromatic N) is 1. The molecule has 19 heavy (non-hydrogen) atoms. The third-order valence-corrected chi connectivity index (χ3v) is 4.10. The van der Waals surface area contributed by atoms with E-state index in [1.54, 1.807) is 7.11 Å². The maximum atomic E-state index is 9.60. The topological polar surface area (TPSA) is 45.0 Å². The Morgan fingerprint density at radius 3 is 3.05 bits per heavy atom. The Morgan fingerprint density at radius 1 is 1.53 bits per heavy atom. The van der Waals surface area contributed by atoms with Crippen LogP contribution in [0.25, 0.3) is 0 Å². The summed E-state index contributed by atoms with van der Waals surface area (Å²) in [6, 6.07) is 10.3. The number of anilines is 1. The van der Waals surface area contributed by atoms with E-state index in [0.717, 1.165) is 37.1 Å². The summed E-state index contributed by atoms with van der Waals surface area (Å²) < 4.78 is 5.23. The van der Waals surface area contributed by atoms with E-state index in [-0.39, 0.29) is 0 Å². The number of rotatable bonds is 4. The molecule has 2 rings (SSSR count). The zero-order valence-electron chi connectivity index (χ0n) is 11.8. The number of methoxy groups -OCH3 is 1. The maximum absolute atomic E-state index is 9.60. The summed E-state index contributed by atoms with van der Waals surface area (Å²) in [5.74, 6) is 1.48. The molecule has 1 N–H and O–H groups in total. The summed E-state index contributed by atoms with van der Waals surface area (Å²) in [6.45, 7) is 2.21. The Labute approximate surface area is 115 Å². The fraction of sp³-hybridized carbons (Fsp3) is 0.562. The standard InChI is InChI=1S/C16H22N2O/c1-3-13-6-5-9-16(11-13,12-17)18-14-7-4-8-15(10-14)19-2/h4,7-8,10,13,18H,3,5-6,9,11H2,1-2H3. The van der Waals surface area contributed by atoms with E-state index in [0.29, 0.717) is 5.92 Å². The van der Waals surface area contributed by atoms with Crippen molar-refractivity contribution in [2.24, 2.45) is 5.92 Å². The van der Waals surface area contributed by atoms with Crippen molar-refractivity contribution in [3.63, 3.8) is 0 Å². The monoisotopic (exact) mass is 258 g/mol. The van der Waals surface area contributed by atoms with Gasteiger partial charge >= 0.3 is 0 Å². The van der Waals surface area contributed by atoms with Gasteiger partial charge in [-0.2, -0.15) is 5.26 Å². The highest BCUT2D eigenvalue weighted by atomic mass is 16.5. The molecule has 1 aromatic rings. The molecule has 1 saturated carbocycles. The highest BCUT2D eigenvalue weighted by Gasteiger charge is 2.35. The normalized spacial score (nSPS) is 26.5. The molecule has 0 aliphatic heterocycles. The van der Waals surface area contributed by atoms with Crippen molar-refractivity contribution in [3.8, 4) is 11.8 Å². The van der Waals surface area contributed by atoms with Crippen LogP contribution in [0, 0.1) is 17.2 Å². The lowest BCUT2D eigenvalue weighted by Crippen LogP contribution is -2.41. The minimum atomic E-state index is -0.411. The van der Waals surface area contributed by atoms with E-state index < -0.39 is 5.54 Å². The summed E-state index contributed by atoms with van der Waals surface area (Å²) in [4.78, 5) is 0. The molecule has 0 bridgehead atoms. The van der Waals surface area contributed by atoms with Crippen molar-refractivity contribution in [2.75, 3.05) is 12.4 Å². The number of hydrogen-bond acceptors (Lipinski definition) is 3. The van der Waals surface area contributed by atoms with Crippen LogP contribution in [-0.4, -0.2) is 12.6 Å². The first-order chi connectivity index (χ1) is 9.21. The van der Waals surface area contributed by atoms with Crippen molar-refractivity contribution >= 4 is 5.69 Å². The molecule has 0 amide bonds. The van der Waals surface area contributed by atoms with Crippen molar-refractivity contribution in [1.82, 2.24) is 0 Å². The molecule has 1 aromatic carbocycles. The van der Waals surface area contributed by atoms with E-state index >= 15 is 0 Å². The first-order valence-electron chi connectivity index (χ1n) is 7.05. The second-order valence-corrected chi connectivity index (χ2v) is 5.42. The van der Waals surface area contributed by atoms with Crippen LogP contribution in [0.5, 0.6) is 5.75 Å². The first kappa shape index (κ1) is 13.7. The van der Waals surface area contributed by atoms with Gasteiger partial charge in [-0.15, -0.1) is 0 Å². The van der Waals surface area contributed by atoms with Crippen LogP contribution in [0.3, 0.4) is 0 Å². The number of hydrogen-bond donors (Lipinski definition) is 1. The summed E-state index contributed by atoms with van der Waals surface area (Å²) >= 11 is 0. The molecule has 0 radical (unpaired) electrons. The van der Waals surface area contributed by atoms with Crippen LogP contribution >= 0.6 is 0 Å². The number of benzene rings is 1. The molecule has 2 atom stereocenters. The molecule has 3 nitrogen and oxygen atoms in total. The molecular formula is C16H22N2O. The maximum Gasteiger partial charge on any atom is 0.125 e. The van der Waals surface area contributed by atoms with Gasteiger partial charge in [0.05, 0.1) is 13.2 Å². The SMILES string of the molecule is CCC1CCCC(C#N)(Nc2cccc(OC)c2)C1. The Kier molecular flexibility index (Phi) is 4.31. The molecule has 0 heterocycles. The van der Waals surface area contributed by atoms with E-state index in [4.69, 9.17) is 4.74 Å². The van der Waals surface area contributed by atoms with Crippen molar-refractivity contribution in [3.05, 3.63) is 24.3 Å². The van der Waals surface area contributed by atoms with Crippen LogP contribution < -0.4 is 10.1 Å². The average molecular weight is 258 g/mol. The minimum absolute atomic E-state index is 0.411. The highest BCUT2D eigenvalue weighted by Crippen LogP contribution is 2.36. The molecule has 1 aliphatic carbocycles. The quantitative estimate of drug-likeness (QED) is 0.888. The first-order valence-corrected chi connectivity index (χ1v) is 7.05. The molecule has 0 aromatic heterocycles. The second kappa shape index (κ2) is 5.97. The van der Waals surface area contributed by atoms with Gasteiger partial charge in [0.1, 0.15) is 11.3 Å². The van der Waals surface area contributed by atoms with Crippen LogP contribution in [-0.2, 0) is 0 Å². The van der Waals surface area contributed by atoms with Crippen molar-refractivity contribution in [2.45, 2.75) is 44.6 Å². The number of nitrogens with one attached hydrogen (secondary N) is 1. The Balaban J connectivity index is 2.15. The molecule has 3 heteroatoms. The van der Waals surface area contributed by atoms with Gasteiger partial charge in [0.2, 0.25) is 0 Å². The van der Waals surface area contributed by atoms with Gasteiger partial charge in [0.15, 0.2) is 0 Å². The third-order valence-electron chi connectivity index (χ3n) is 4.10. The van der Waals surface area contributed by atoms with Gasteiger partial charge in [0, 0.05) is 11.8 Å². The van der Waals surface area contributed by atoms with Crippen LogP contribution in [0.4, 0.5) is 5.69 Å². The smallest absolute Gasteiger partial charge is 0.125 e. The molecule has 1 fully saturated rings. The van der Waals surface area contributed by atoms with Crippen LogP contribution in [0.1, 0.15) is 39.0 Å². The molecule has 2 unspecified atom stereocenters. The zero-order chi connectivity index (χ0) is 13.7. The molecular weight excluding hydrogens is 236 g/mol. The molecule has 102 valence electrons. The van der Waals surface area contributed by atoms with Crippen LogP contribution in [0.2, 0.25) is 0 Å². The predicted octanol–water partition coefficient (Wildman–Crippen LogP) is 3.97. The Morgan fingerprint density at radius 2 is 2.37 bits per heavy atom. The van der Waals surface area contributed by atoms with Gasteiger partial charge in [0.25, 0.3) is 0 Å². The van der Waals surface area contributed by atoms with Gasteiger partial charge in [-0.3, -0.25) is 0 Å². The van der Waals surface area contributed by atoms with E-state index in [1.165, 1.54) is 6.42 Å². The van der Waals surface area contributed by atoms with Gasteiger partial charge in [-0.1, -0.05) is 25.8 Å². The van der Waals surface area contributed by atoms with Gasteiger partial charge in [-0.05, 0) is 37.3 Å². The number of nitriles is 1. The van der Waals surface area contributed by atoms with Gasteiger partial charge in [-0.25, -0.2) is 0 Å². The van der Waals surface area contributed by atoms with Crippen LogP contribution in [0.15, 0.2) is 24.3 Å². The average Bonchev–Trinajstić information content (AvgIpc) is 2.47.